The second-order valence-electron chi connectivity index (χ2n) is 11.3. The Hall–Kier alpha value is -6.13. The van der Waals surface area contributed by atoms with Crippen LogP contribution < -0.4 is 0 Å². The summed E-state index contributed by atoms with van der Waals surface area (Å²) in [6.45, 7) is 0. The van der Waals surface area contributed by atoms with Crippen LogP contribution in [0.25, 0.3) is 83.2 Å². The quantitative estimate of drug-likeness (QED) is 0.196. The molecular formula is C41H26N4. The van der Waals surface area contributed by atoms with Gasteiger partial charge in [0.1, 0.15) is 0 Å². The van der Waals surface area contributed by atoms with Gasteiger partial charge in [0.15, 0.2) is 17.5 Å². The van der Waals surface area contributed by atoms with Gasteiger partial charge in [0.2, 0.25) is 0 Å². The molecule has 0 saturated carbocycles. The zero-order chi connectivity index (χ0) is 29.7. The number of benzene rings is 7. The molecule has 0 aliphatic rings. The Kier molecular flexibility index (Phi) is 5.78. The fourth-order valence-corrected chi connectivity index (χ4v) is 6.55. The van der Waals surface area contributed by atoms with Crippen molar-refractivity contribution in [3.63, 3.8) is 0 Å². The topological polar surface area (TPSA) is 43.6 Å². The lowest BCUT2D eigenvalue weighted by atomic mass is 10.0. The van der Waals surface area contributed by atoms with Crippen LogP contribution in [0.1, 0.15) is 0 Å². The standard InChI is InChI=1S/C41H26N4/c1-3-13-28(14-4-1)39-42-40(29-15-5-2-6-16-29)44-41(43-39)35-19-11-21-37-38(35)34-18-9-10-20-36(34)45(37)31-24-25-33-30(26-31)23-22-27-12-7-8-17-32(27)33/h1-26H. The number of nitrogens with zero attached hydrogens (tertiary/aromatic N) is 4. The third-order valence-corrected chi connectivity index (χ3v) is 8.62. The first kappa shape index (κ1) is 25.4. The molecule has 0 bridgehead atoms. The predicted molar refractivity (Wildman–Crippen MR) is 185 cm³/mol. The van der Waals surface area contributed by atoms with Gasteiger partial charge in [0, 0.05) is 33.2 Å². The second kappa shape index (κ2) is 10.2. The average Bonchev–Trinajstić information content (AvgIpc) is 3.46. The first-order valence-electron chi connectivity index (χ1n) is 15.1. The number of hydrogen-bond donors (Lipinski definition) is 0. The lowest BCUT2D eigenvalue weighted by molar-refractivity contribution is 1.08. The smallest absolute Gasteiger partial charge is 0.164 e. The van der Waals surface area contributed by atoms with Crippen molar-refractivity contribution in [3.8, 4) is 39.9 Å². The highest BCUT2D eigenvalue weighted by molar-refractivity contribution is 6.15. The number of aromatic nitrogens is 4. The van der Waals surface area contributed by atoms with Crippen LogP contribution >= 0.6 is 0 Å². The molecule has 0 unspecified atom stereocenters. The van der Waals surface area contributed by atoms with Gasteiger partial charge in [-0.25, -0.2) is 15.0 Å². The van der Waals surface area contributed by atoms with E-state index in [0.29, 0.717) is 17.5 Å². The van der Waals surface area contributed by atoms with E-state index in [1.54, 1.807) is 0 Å². The van der Waals surface area contributed by atoms with Crippen LogP contribution in [0.3, 0.4) is 0 Å². The van der Waals surface area contributed by atoms with Crippen LogP contribution in [0.15, 0.2) is 158 Å². The number of fused-ring (bicyclic) bond motifs is 6. The highest BCUT2D eigenvalue weighted by atomic mass is 15.0. The molecule has 0 spiro atoms. The van der Waals surface area contributed by atoms with Crippen molar-refractivity contribution >= 4 is 43.4 Å². The van der Waals surface area contributed by atoms with Crippen molar-refractivity contribution in [2.45, 2.75) is 0 Å². The summed E-state index contributed by atoms with van der Waals surface area (Å²) in [6.07, 6.45) is 0. The van der Waals surface area contributed by atoms with Gasteiger partial charge in [-0.05, 0) is 45.8 Å². The lowest BCUT2D eigenvalue weighted by Gasteiger charge is -2.11. The van der Waals surface area contributed by atoms with Crippen LogP contribution in [-0.2, 0) is 0 Å². The maximum Gasteiger partial charge on any atom is 0.164 e. The molecular weight excluding hydrogens is 548 g/mol. The van der Waals surface area contributed by atoms with Gasteiger partial charge in [-0.2, -0.15) is 0 Å². The van der Waals surface area contributed by atoms with Gasteiger partial charge in [0.25, 0.3) is 0 Å². The summed E-state index contributed by atoms with van der Waals surface area (Å²) >= 11 is 0. The van der Waals surface area contributed by atoms with Crippen LogP contribution in [0.5, 0.6) is 0 Å². The molecule has 2 aromatic heterocycles. The van der Waals surface area contributed by atoms with Crippen molar-refractivity contribution in [3.05, 3.63) is 158 Å². The molecule has 0 saturated heterocycles. The van der Waals surface area contributed by atoms with Crippen LogP contribution in [-0.4, -0.2) is 19.5 Å². The summed E-state index contributed by atoms with van der Waals surface area (Å²) in [5.41, 5.74) is 6.25. The molecule has 0 amide bonds. The third kappa shape index (κ3) is 4.19. The van der Waals surface area contributed by atoms with E-state index in [9.17, 15) is 0 Å². The Balaban J connectivity index is 1.31. The minimum Gasteiger partial charge on any atom is -0.309 e. The van der Waals surface area contributed by atoms with Crippen molar-refractivity contribution in [2.75, 3.05) is 0 Å². The molecule has 0 fully saturated rings. The van der Waals surface area contributed by atoms with E-state index in [1.807, 2.05) is 60.7 Å². The molecule has 0 aliphatic heterocycles. The Morgan fingerprint density at radius 1 is 0.378 bits per heavy atom. The average molecular weight is 575 g/mol. The highest BCUT2D eigenvalue weighted by Crippen LogP contribution is 2.39. The van der Waals surface area contributed by atoms with Crippen molar-refractivity contribution in [1.82, 2.24) is 19.5 Å². The molecule has 9 aromatic rings. The van der Waals surface area contributed by atoms with Crippen molar-refractivity contribution in [2.24, 2.45) is 0 Å². The van der Waals surface area contributed by atoms with Gasteiger partial charge in [-0.15, -0.1) is 0 Å². The van der Waals surface area contributed by atoms with Crippen molar-refractivity contribution in [1.29, 1.82) is 0 Å². The van der Waals surface area contributed by atoms with Crippen LogP contribution in [0, 0.1) is 0 Å². The van der Waals surface area contributed by atoms with Gasteiger partial charge >= 0.3 is 0 Å². The van der Waals surface area contributed by atoms with E-state index in [0.717, 1.165) is 44.2 Å². The van der Waals surface area contributed by atoms with Crippen molar-refractivity contribution < 1.29 is 0 Å². The normalized spacial score (nSPS) is 11.6. The maximum atomic E-state index is 5.08. The molecule has 9 rings (SSSR count). The minimum atomic E-state index is 0.654. The minimum absolute atomic E-state index is 0.654. The summed E-state index contributed by atoms with van der Waals surface area (Å²) in [5, 5.41) is 7.27. The Morgan fingerprint density at radius 3 is 1.71 bits per heavy atom. The van der Waals surface area contributed by atoms with E-state index in [1.165, 1.54) is 21.5 Å². The Labute approximate surface area is 259 Å². The number of rotatable bonds is 4. The summed E-state index contributed by atoms with van der Waals surface area (Å²) < 4.78 is 2.36. The Bertz CT molecular complexity index is 2470. The summed E-state index contributed by atoms with van der Waals surface area (Å²) in [6, 6.07) is 55.1. The first-order chi connectivity index (χ1) is 22.3. The molecule has 0 radical (unpaired) electrons. The maximum absolute atomic E-state index is 5.08. The molecule has 2 heterocycles. The van der Waals surface area contributed by atoms with E-state index in [2.05, 4.69) is 102 Å². The summed E-state index contributed by atoms with van der Waals surface area (Å²) in [4.78, 5) is 15.1. The molecule has 45 heavy (non-hydrogen) atoms. The summed E-state index contributed by atoms with van der Waals surface area (Å²) in [5.74, 6) is 1.96. The second-order valence-corrected chi connectivity index (χ2v) is 11.3. The zero-order valence-electron chi connectivity index (χ0n) is 24.3. The van der Waals surface area contributed by atoms with Gasteiger partial charge in [-0.1, -0.05) is 133 Å². The number of para-hydroxylation sites is 1. The molecule has 210 valence electrons. The third-order valence-electron chi connectivity index (χ3n) is 8.62. The van der Waals surface area contributed by atoms with E-state index in [-0.39, 0.29) is 0 Å². The molecule has 4 nitrogen and oxygen atoms in total. The van der Waals surface area contributed by atoms with Crippen LogP contribution in [0.2, 0.25) is 0 Å². The first-order valence-corrected chi connectivity index (χ1v) is 15.1. The molecule has 4 heteroatoms. The number of hydrogen-bond acceptors (Lipinski definition) is 3. The predicted octanol–water partition coefficient (Wildman–Crippen LogP) is 10.3. The van der Waals surface area contributed by atoms with Gasteiger partial charge in [-0.3, -0.25) is 0 Å². The monoisotopic (exact) mass is 574 g/mol. The summed E-state index contributed by atoms with van der Waals surface area (Å²) in [7, 11) is 0. The van der Waals surface area contributed by atoms with Crippen LogP contribution in [0.4, 0.5) is 0 Å². The molecule has 0 atom stereocenters. The van der Waals surface area contributed by atoms with Gasteiger partial charge < -0.3 is 4.57 Å². The molecule has 7 aromatic carbocycles. The van der Waals surface area contributed by atoms with E-state index >= 15 is 0 Å². The molecule has 0 aliphatic carbocycles. The van der Waals surface area contributed by atoms with Gasteiger partial charge in [0.05, 0.1) is 11.0 Å². The zero-order valence-corrected chi connectivity index (χ0v) is 24.3. The fourth-order valence-electron chi connectivity index (χ4n) is 6.55. The fraction of sp³-hybridized carbons (Fsp3) is 0. The molecule has 0 N–H and O–H groups in total. The Morgan fingerprint density at radius 2 is 0.956 bits per heavy atom. The van der Waals surface area contributed by atoms with E-state index < -0.39 is 0 Å². The SMILES string of the molecule is c1ccc(-c2nc(-c3ccccc3)nc(-c3cccc4c3c3ccccc3n4-c3ccc4c(ccc5ccccc54)c3)n2)cc1. The van der Waals surface area contributed by atoms with E-state index in [4.69, 9.17) is 15.0 Å². The highest BCUT2D eigenvalue weighted by Gasteiger charge is 2.19. The largest absolute Gasteiger partial charge is 0.309 e. The lowest BCUT2D eigenvalue weighted by Crippen LogP contribution is -2.00.